The van der Waals surface area contributed by atoms with Crippen LogP contribution in [0.3, 0.4) is 0 Å². The molecule has 2 aromatic rings. The first kappa shape index (κ1) is 25.0. The third kappa shape index (κ3) is 6.44. The van der Waals surface area contributed by atoms with E-state index in [1.165, 1.54) is 18.5 Å². The zero-order chi connectivity index (χ0) is 21.6. The van der Waals surface area contributed by atoms with Crippen LogP contribution in [0.1, 0.15) is 34.1 Å². The van der Waals surface area contributed by atoms with E-state index in [4.69, 9.17) is 4.42 Å². The Hall–Kier alpha value is -1.66. The molecule has 1 N–H and O–H groups in total. The predicted molar refractivity (Wildman–Crippen MR) is 138 cm³/mol. The fraction of sp³-hybridized carbons (Fsp3) is 0.591. The second kappa shape index (κ2) is 12.0. The highest BCUT2D eigenvalue weighted by Gasteiger charge is 2.26. The highest BCUT2D eigenvalue weighted by molar-refractivity contribution is 14.0. The number of halogens is 1. The first-order valence-electron chi connectivity index (χ1n) is 11.0. The number of thiazole rings is 1. The number of piperazine rings is 1. The van der Waals surface area contributed by atoms with Crippen molar-refractivity contribution in [2.75, 3.05) is 52.9 Å². The van der Waals surface area contributed by atoms with Crippen molar-refractivity contribution >= 4 is 47.2 Å². The normalized spacial score (nSPS) is 18.5. The van der Waals surface area contributed by atoms with Gasteiger partial charge in [-0.15, -0.1) is 35.3 Å². The lowest BCUT2D eigenvalue weighted by molar-refractivity contribution is 0.0657. The van der Waals surface area contributed by atoms with Gasteiger partial charge in [0.1, 0.15) is 0 Å². The number of nitrogens with one attached hydrogen (secondary N) is 1. The summed E-state index contributed by atoms with van der Waals surface area (Å²) < 4.78 is 5.24. The molecule has 176 valence electrons. The zero-order valence-electron chi connectivity index (χ0n) is 18.8. The molecule has 0 radical (unpaired) electrons. The minimum absolute atomic E-state index is 0. The summed E-state index contributed by atoms with van der Waals surface area (Å²) >= 11 is 1.73. The zero-order valence-corrected chi connectivity index (χ0v) is 22.0. The second-order valence-corrected chi connectivity index (χ2v) is 9.32. The van der Waals surface area contributed by atoms with Gasteiger partial charge in [-0.05, 0) is 50.9 Å². The number of likely N-dealkylation sites (tertiary alicyclic amines) is 1. The number of amides is 1. The van der Waals surface area contributed by atoms with Crippen molar-refractivity contribution in [2.24, 2.45) is 10.9 Å². The Kier molecular flexibility index (Phi) is 9.35. The number of hydrogen-bond donors (Lipinski definition) is 1. The number of nitrogens with zero attached hydrogens (tertiary/aromatic N) is 5. The number of carbonyl (C=O) groups excluding carboxylic acids is 1. The lowest BCUT2D eigenvalue weighted by Crippen LogP contribution is -2.54. The maximum atomic E-state index is 12.4. The van der Waals surface area contributed by atoms with Gasteiger partial charge in [0.2, 0.25) is 0 Å². The van der Waals surface area contributed by atoms with Gasteiger partial charge in [-0.2, -0.15) is 0 Å². The Morgan fingerprint density at radius 3 is 2.53 bits per heavy atom. The number of rotatable bonds is 5. The SMILES string of the molecule is CN=C(NCC1CCN(Cc2csc(C)n2)CC1)N1CCN(C(=O)c2ccco2)CC1.I. The van der Waals surface area contributed by atoms with Crippen molar-refractivity contribution in [2.45, 2.75) is 26.3 Å². The largest absolute Gasteiger partial charge is 0.459 e. The van der Waals surface area contributed by atoms with Crippen molar-refractivity contribution in [3.63, 3.8) is 0 Å². The smallest absolute Gasteiger partial charge is 0.289 e. The molecule has 0 bridgehead atoms. The molecule has 4 rings (SSSR count). The van der Waals surface area contributed by atoms with Crippen LogP contribution >= 0.6 is 35.3 Å². The number of aliphatic imine (C=N–C) groups is 1. The third-order valence-corrected chi connectivity index (χ3v) is 6.94. The molecule has 10 heteroatoms. The molecule has 1 amide bonds. The van der Waals surface area contributed by atoms with Crippen molar-refractivity contribution in [1.29, 1.82) is 0 Å². The number of hydrogen-bond acceptors (Lipinski definition) is 6. The molecule has 8 nitrogen and oxygen atoms in total. The Morgan fingerprint density at radius 2 is 1.94 bits per heavy atom. The van der Waals surface area contributed by atoms with Crippen LogP contribution < -0.4 is 5.32 Å². The van der Waals surface area contributed by atoms with Crippen LogP contribution in [0.5, 0.6) is 0 Å². The van der Waals surface area contributed by atoms with Crippen LogP contribution in [0.15, 0.2) is 33.2 Å². The maximum absolute atomic E-state index is 12.4. The Morgan fingerprint density at radius 1 is 1.22 bits per heavy atom. The fourth-order valence-corrected chi connectivity index (χ4v) is 4.91. The Labute approximate surface area is 211 Å². The average Bonchev–Trinajstić information content (AvgIpc) is 3.47. The van der Waals surface area contributed by atoms with E-state index in [0.29, 0.717) is 24.8 Å². The monoisotopic (exact) mass is 572 g/mol. The van der Waals surface area contributed by atoms with Gasteiger partial charge in [0.25, 0.3) is 5.91 Å². The summed E-state index contributed by atoms with van der Waals surface area (Å²) in [6.45, 7) is 9.12. The second-order valence-electron chi connectivity index (χ2n) is 8.26. The van der Waals surface area contributed by atoms with Crippen molar-refractivity contribution in [3.8, 4) is 0 Å². The standard InChI is InChI=1S/C22H32N6O2S.HI/c1-17-25-19(16-31-17)15-26-7-5-18(6-8-26)14-24-22(23-2)28-11-9-27(10-12-28)21(29)20-4-3-13-30-20;/h3-4,13,16,18H,5-12,14-15H2,1-2H3,(H,23,24);1H. The van der Waals surface area contributed by atoms with Crippen molar-refractivity contribution < 1.29 is 9.21 Å². The number of aryl methyl sites for hydroxylation is 1. The van der Waals surface area contributed by atoms with Crippen LogP contribution in [0, 0.1) is 12.8 Å². The molecule has 4 heterocycles. The molecule has 2 saturated heterocycles. The molecule has 2 fully saturated rings. The van der Waals surface area contributed by atoms with Gasteiger partial charge in [-0.1, -0.05) is 0 Å². The first-order chi connectivity index (χ1) is 15.1. The summed E-state index contributed by atoms with van der Waals surface area (Å²) in [5.41, 5.74) is 1.20. The highest BCUT2D eigenvalue weighted by atomic mass is 127. The number of guanidine groups is 1. The van der Waals surface area contributed by atoms with Gasteiger partial charge in [-0.3, -0.25) is 14.7 Å². The van der Waals surface area contributed by atoms with Gasteiger partial charge in [0, 0.05) is 51.7 Å². The van der Waals surface area contributed by atoms with E-state index in [2.05, 4.69) is 37.4 Å². The van der Waals surface area contributed by atoms with Crippen molar-refractivity contribution in [3.05, 3.63) is 40.2 Å². The van der Waals surface area contributed by atoms with E-state index >= 15 is 0 Å². The van der Waals surface area contributed by atoms with Gasteiger partial charge in [-0.25, -0.2) is 4.98 Å². The van der Waals surface area contributed by atoms with E-state index in [0.717, 1.165) is 50.2 Å². The molecule has 0 aliphatic carbocycles. The van der Waals surface area contributed by atoms with Crippen LogP contribution in [0.25, 0.3) is 0 Å². The summed E-state index contributed by atoms with van der Waals surface area (Å²) in [5.74, 6) is 1.97. The molecule has 0 spiro atoms. The quantitative estimate of drug-likeness (QED) is 0.338. The lowest BCUT2D eigenvalue weighted by Gasteiger charge is -2.37. The molecule has 2 aliphatic heterocycles. The molecule has 0 saturated carbocycles. The minimum atomic E-state index is -0.0350. The number of piperidine rings is 1. The molecule has 2 aromatic heterocycles. The fourth-order valence-electron chi connectivity index (χ4n) is 4.30. The molecule has 2 aliphatic rings. The van der Waals surface area contributed by atoms with Gasteiger partial charge in [0.05, 0.1) is 17.0 Å². The van der Waals surface area contributed by atoms with Crippen LogP contribution in [0.4, 0.5) is 0 Å². The Bertz CT molecular complexity index is 871. The minimum Gasteiger partial charge on any atom is -0.459 e. The maximum Gasteiger partial charge on any atom is 0.289 e. The van der Waals surface area contributed by atoms with Gasteiger partial charge < -0.3 is 19.5 Å². The van der Waals surface area contributed by atoms with E-state index < -0.39 is 0 Å². The summed E-state index contributed by atoms with van der Waals surface area (Å²) in [4.78, 5) is 28.1. The first-order valence-corrected chi connectivity index (χ1v) is 11.9. The summed E-state index contributed by atoms with van der Waals surface area (Å²) in [6, 6.07) is 3.47. The predicted octanol–water partition coefficient (Wildman–Crippen LogP) is 2.91. The van der Waals surface area contributed by atoms with Crippen LogP contribution in [-0.4, -0.2) is 84.4 Å². The van der Waals surface area contributed by atoms with Gasteiger partial charge >= 0.3 is 0 Å². The van der Waals surface area contributed by atoms with E-state index in [-0.39, 0.29) is 29.9 Å². The molecule has 0 unspecified atom stereocenters. The van der Waals surface area contributed by atoms with Crippen molar-refractivity contribution in [1.82, 2.24) is 25.0 Å². The van der Waals surface area contributed by atoms with E-state index in [9.17, 15) is 4.79 Å². The average molecular weight is 573 g/mol. The Balaban J connectivity index is 0.00000289. The molecule has 0 aromatic carbocycles. The summed E-state index contributed by atoms with van der Waals surface area (Å²) in [7, 11) is 1.83. The number of carbonyl (C=O) groups is 1. The molecular formula is C22H33IN6O2S. The van der Waals surface area contributed by atoms with Crippen LogP contribution in [-0.2, 0) is 6.54 Å². The summed E-state index contributed by atoms with van der Waals surface area (Å²) in [6.07, 6.45) is 3.93. The van der Waals surface area contributed by atoms with Crippen LogP contribution in [0.2, 0.25) is 0 Å². The van der Waals surface area contributed by atoms with Gasteiger partial charge in [0.15, 0.2) is 11.7 Å². The topological polar surface area (TPSA) is 77.2 Å². The molecular weight excluding hydrogens is 539 g/mol. The summed E-state index contributed by atoms with van der Waals surface area (Å²) in [5, 5.41) is 6.89. The van der Waals surface area contributed by atoms with E-state index in [1.807, 2.05) is 11.9 Å². The number of aromatic nitrogens is 1. The highest BCUT2D eigenvalue weighted by Crippen LogP contribution is 2.19. The number of furan rings is 1. The third-order valence-electron chi connectivity index (χ3n) is 6.12. The van der Waals surface area contributed by atoms with E-state index in [1.54, 1.807) is 29.7 Å². The molecule has 0 atom stereocenters. The molecule has 32 heavy (non-hydrogen) atoms. The lowest BCUT2D eigenvalue weighted by atomic mass is 9.97.